The van der Waals surface area contributed by atoms with Crippen molar-refractivity contribution in [2.75, 3.05) is 0 Å². The summed E-state index contributed by atoms with van der Waals surface area (Å²) in [4.78, 5) is 4.29. The molecule has 0 bridgehead atoms. The smallest absolute Gasteiger partial charge is 0.181 e. The molecule has 3 aromatic rings. The van der Waals surface area contributed by atoms with Gasteiger partial charge in [0.1, 0.15) is 12.1 Å². The van der Waals surface area contributed by atoms with Gasteiger partial charge in [-0.25, -0.2) is 14.1 Å². The molecule has 1 heterocycles. The highest BCUT2D eigenvalue weighted by Gasteiger charge is 2.07. The third-order valence-electron chi connectivity index (χ3n) is 2.99. The summed E-state index contributed by atoms with van der Waals surface area (Å²) >= 11 is 8.27. The lowest BCUT2D eigenvalue weighted by atomic mass is 10.2. The zero-order chi connectivity index (χ0) is 14.8. The summed E-state index contributed by atoms with van der Waals surface area (Å²) in [6, 6.07) is 12.3. The maximum Gasteiger partial charge on any atom is 0.181 e. The predicted molar refractivity (Wildman–Crippen MR) is 88.7 cm³/mol. The topological polar surface area (TPSA) is 30.7 Å². The van der Waals surface area contributed by atoms with Crippen molar-refractivity contribution in [3.05, 3.63) is 68.8 Å². The molecule has 0 aliphatic rings. The molecule has 0 spiro atoms. The molecular formula is C15H10ClFIN3. The van der Waals surface area contributed by atoms with Crippen LogP contribution in [0.15, 0.2) is 48.8 Å². The average molecular weight is 414 g/mol. The highest BCUT2D eigenvalue weighted by molar-refractivity contribution is 14.1. The van der Waals surface area contributed by atoms with E-state index in [4.69, 9.17) is 11.6 Å². The van der Waals surface area contributed by atoms with Crippen LogP contribution in [0.3, 0.4) is 0 Å². The van der Waals surface area contributed by atoms with Crippen LogP contribution in [0.25, 0.3) is 11.4 Å². The third kappa shape index (κ3) is 3.41. The molecule has 21 heavy (non-hydrogen) atoms. The van der Waals surface area contributed by atoms with Crippen LogP contribution in [0.2, 0.25) is 5.02 Å². The highest BCUT2D eigenvalue weighted by atomic mass is 127. The van der Waals surface area contributed by atoms with E-state index in [1.54, 1.807) is 17.1 Å². The molecule has 6 heteroatoms. The third-order valence-corrected chi connectivity index (χ3v) is 4.06. The summed E-state index contributed by atoms with van der Waals surface area (Å²) in [5, 5.41) is 4.81. The van der Waals surface area contributed by atoms with Crippen LogP contribution < -0.4 is 0 Å². The standard InChI is InChI=1S/C15H10ClFIN3/c16-14-7-12(17)4-1-11(14)8-21-9-19-15(20-21)10-2-5-13(18)6-3-10/h1-7,9H,8H2. The molecule has 0 saturated carbocycles. The second-order valence-electron chi connectivity index (χ2n) is 4.51. The Morgan fingerprint density at radius 3 is 2.62 bits per heavy atom. The Balaban J connectivity index is 1.83. The van der Waals surface area contributed by atoms with Crippen LogP contribution >= 0.6 is 34.2 Å². The van der Waals surface area contributed by atoms with Crippen molar-refractivity contribution >= 4 is 34.2 Å². The Bertz CT molecular complexity index is 771. The summed E-state index contributed by atoms with van der Waals surface area (Å²) < 4.78 is 15.9. The van der Waals surface area contributed by atoms with Crippen LogP contribution in [0.5, 0.6) is 0 Å². The highest BCUT2D eigenvalue weighted by Crippen LogP contribution is 2.19. The minimum atomic E-state index is -0.345. The minimum absolute atomic E-state index is 0.345. The van der Waals surface area contributed by atoms with Gasteiger partial charge in [0, 0.05) is 14.2 Å². The normalized spacial score (nSPS) is 10.8. The maximum absolute atomic E-state index is 13.0. The molecule has 0 saturated heterocycles. The molecule has 0 aliphatic heterocycles. The number of rotatable bonds is 3. The molecule has 0 N–H and O–H groups in total. The van der Waals surface area contributed by atoms with Crippen LogP contribution in [0.1, 0.15) is 5.56 Å². The molecule has 0 aliphatic carbocycles. The molecule has 1 aromatic heterocycles. The van der Waals surface area contributed by atoms with Crippen molar-refractivity contribution in [2.45, 2.75) is 6.54 Å². The van der Waals surface area contributed by atoms with Crippen molar-refractivity contribution in [1.29, 1.82) is 0 Å². The molecule has 3 rings (SSSR count). The van der Waals surface area contributed by atoms with Gasteiger partial charge in [-0.1, -0.05) is 29.8 Å². The maximum atomic E-state index is 13.0. The van der Waals surface area contributed by atoms with Crippen LogP contribution in [0, 0.1) is 9.39 Å². The lowest BCUT2D eigenvalue weighted by Gasteiger charge is -2.04. The second-order valence-corrected chi connectivity index (χ2v) is 6.16. The van der Waals surface area contributed by atoms with Gasteiger partial charge in [0.15, 0.2) is 5.82 Å². The second kappa shape index (κ2) is 6.11. The SMILES string of the molecule is Fc1ccc(Cn2cnc(-c3ccc(I)cc3)n2)c(Cl)c1. The van der Waals surface area contributed by atoms with Gasteiger partial charge in [-0.05, 0) is 52.4 Å². The summed E-state index contributed by atoms with van der Waals surface area (Å²) in [6.07, 6.45) is 1.65. The van der Waals surface area contributed by atoms with Crippen LogP contribution in [0.4, 0.5) is 4.39 Å². The molecule has 0 atom stereocenters. The van der Waals surface area contributed by atoms with E-state index in [9.17, 15) is 4.39 Å². The van der Waals surface area contributed by atoms with Crippen LogP contribution in [-0.2, 0) is 6.54 Å². The lowest BCUT2D eigenvalue weighted by Crippen LogP contribution is -2.01. The molecule has 0 amide bonds. The quantitative estimate of drug-likeness (QED) is 0.596. The van der Waals surface area contributed by atoms with Crippen molar-refractivity contribution in [3.8, 4) is 11.4 Å². The predicted octanol–water partition coefficient (Wildman–Crippen LogP) is 4.39. The van der Waals surface area contributed by atoms with Crippen molar-refractivity contribution < 1.29 is 4.39 Å². The Morgan fingerprint density at radius 2 is 1.90 bits per heavy atom. The lowest BCUT2D eigenvalue weighted by molar-refractivity contribution is 0.624. The zero-order valence-electron chi connectivity index (χ0n) is 10.8. The minimum Gasteiger partial charge on any atom is -0.248 e. The number of halogens is 3. The fraction of sp³-hybridized carbons (Fsp3) is 0.0667. The van der Waals surface area contributed by atoms with Gasteiger partial charge in [-0.3, -0.25) is 0 Å². The fourth-order valence-corrected chi connectivity index (χ4v) is 2.51. The fourth-order valence-electron chi connectivity index (χ4n) is 1.93. The van der Waals surface area contributed by atoms with Crippen molar-refractivity contribution in [2.24, 2.45) is 0 Å². The van der Waals surface area contributed by atoms with E-state index >= 15 is 0 Å². The van der Waals surface area contributed by atoms with E-state index in [-0.39, 0.29) is 5.82 Å². The number of benzene rings is 2. The molecule has 106 valence electrons. The van der Waals surface area contributed by atoms with Gasteiger partial charge in [-0.15, -0.1) is 0 Å². The van der Waals surface area contributed by atoms with Crippen molar-refractivity contribution in [3.63, 3.8) is 0 Å². The van der Waals surface area contributed by atoms with E-state index < -0.39 is 0 Å². The van der Waals surface area contributed by atoms with Gasteiger partial charge < -0.3 is 0 Å². The first-order valence-electron chi connectivity index (χ1n) is 6.21. The molecule has 2 aromatic carbocycles. The monoisotopic (exact) mass is 413 g/mol. The van der Waals surface area contributed by atoms with E-state index in [2.05, 4.69) is 32.7 Å². The molecule has 0 fully saturated rings. The Kier molecular flexibility index (Phi) is 4.21. The van der Waals surface area contributed by atoms with Gasteiger partial charge in [0.25, 0.3) is 0 Å². The van der Waals surface area contributed by atoms with E-state index in [0.29, 0.717) is 17.4 Å². The molecule has 3 nitrogen and oxygen atoms in total. The Hall–Kier alpha value is -1.47. The molecule has 0 radical (unpaired) electrons. The average Bonchev–Trinajstić information content (AvgIpc) is 2.91. The van der Waals surface area contributed by atoms with Crippen LogP contribution in [-0.4, -0.2) is 14.8 Å². The summed E-state index contributed by atoms with van der Waals surface area (Å²) in [5.74, 6) is 0.312. The van der Waals surface area contributed by atoms with E-state index in [0.717, 1.165) is 14.7 Å². The Morgan fingerprint density at radius 1 is 1.14 bits per heavy atom. The van der Waals surface area contributed by atoms with Crippen molar-refractivity contribution in [1.82, 2.24) is 14.8 Å². The van der Waals surface area contributed by atoms with Gasteiger partial charge in [0.2, 0.25) is 0 Å². The summed E-state index contributed by atoms with van der Waals surface area (Å²) in [7, 11) is 0. The molecule has 0 unspecified atom stereocenters. The van der Waals surface area contributed by atoms with E-state index in [1.165, 1.54) is 12.1 Å². The number of hydrogen-bond donors (Lipinski definition) is 0. The summed E-state index contributed by atoms with van der Waals surface area (Å²) in [6.45, 7) is 0.455. The van der Waals surface area contributed by atoms with Gasteiger partial charge in [0.05, 0.1) is 6.54 Å². The first kappa shape index (κ1) is 14.5. The Labute approximate surface area is 139 Å². The molecular weight excluding hydrogens is 404 g/mol. The largest absolute Gasteiger partial charge is 0.248 e. The first-order chi connectivity index (χ1) is 10.1. The number of aromatic nitrogens is 3. The first-order valence-corrected chi connectivity index (χ1v) is 7.67. The van der Waals surface area contributed by atoms with E-state index in [1.807, 2.05) is 24.3 Å². The zero-order valence-corrected chi connectivity index (χ0v) is 13.7. The number of hydrogen-bond acceptors (Lipinski definition) is 2. The van der Waals surface area contributed by atoms with Gasteiger partial charge in [-0.2, -0.15) is 5.10 Å². The summed E-state index contributed by atoms with van der Waals surface area (Å²) in [5.41, 5.74) is 1.76. The van der Waals surface area contributed by atoms with Gasteiger partial charge >= 0.3 is 0 Å². The number of nitrogens with zero attached hydrogens (tertiary/aromatic N) is 3.